The Labute approximate surface area is 152 Å². The average Bonchev–Trinajstić information content (AvgIpc) is 3.08. The molecular formula is C17H15N5O5. The standard InChI is InChI=1S/C17H15N5O5/c18-14(19)6-9-1-2-10(5-12(9)23)17(26)27-13-4-3-11(7-15(24)25)22-16(13)20-8-21-22/h1-5,8,23H,6-7H2,(H3,18,19)(H,24,25). The lowest BCUT2D eigenvalue weighted by Gasteiger charge is -2.09. The molecule has 1 aromatic carbocycles. The van der Waals surface area contributed by atoms with Crippen LogP contribution in [0.1, 0.15) is 21.6 Å². The van der Waals surface area contributed by atoms with Crippen molar-refractivity contribution in [3.8, 4) is 11.5 Å². The maximum Gasteiger partial charge on any atom is 0.343 e. The SMILES string of the molecule is N=C(N)Cc1ccc(C(=O)Oc2ccc(CC(=O)O)n3ncnc23)cc1O. The zero-order valence-corrected chi connectivity index (χ0v) is 13.9. The number of fused-ring (bicyclic) bond motifs is 1. The normalized spacial score (nSPS) is 10.7. The molecular weight excluding hydrogens is 354 g/mol. The highest BCUT2D eigenvalue weighted by Gasteiger charge is 2.17. The lowest BCUT2D eigenvalue weighted by Crippen LogP contribution is -2.14. The van der Waals surface area contributed by atoms with Gasteiger partial charge in [0.1, 0.15) is 12.1 Å². The monoisotopic (exact) mass is 369 g/mol. The molecule has 0 aliphatic rings. The molecule has 3 aromatic rings. The van der Waals surface area contributed by atoms with Crippen molar-refractivity contribution in [2.24, 2.45) is 5.73 Å². The van der Waals surface area contributed by atoms with Crippen LogP contribution in [0.25, 0.3) is 5.65 Å². The molecule has 2 heterocycles. The molecule has 0 spiro atoms. The van der Waals surface area contributed by atoms with E-state index in [1.165, 1.54) is 41.2 Å². The molecule has 27 heavy (non-hydrogen) atoms. The number of nitrogens with one attached hydrogen (secondary N) is 1. The number of ether oxygens (including phenoxy) is 1. The number of phenols is 1. The Balaban J connectivity index is 1.86. The minimum Gasteiger partial charge on any atom is -0.508 e. The van der Waals surface area contributed by atoms with Gasteiger partial charge in [0.2, 0.25) is 0 Å². The van der Waals surface area contributed by atoms with Gasteiger partial charge in [-0.25, -0.2) is 14.3 Å². The fourth-order valence-corrected chi connectivity index (χ4v) is 2.51. The number of hydrogen-bond acceptors (Lipinski definition) is 7. The number of rotatable bonds is 6. The number of aromatic hydroxyl groups is 1. The van der Waals surface area contributed by atoms with Gasteiger partial charge in [-0.15, -0.1) is 0 Å². The predicted octanol–water partition coefficient (Wildman–Crippen LogP) is 0.760. The molecule has 0 fully saturated rings. The molecule has 2 aromatic heterocycles. The summed E-state index contributed by atoms with van der Waals surface area (Å²) < 4.78 is 6.60. The number of nitrogens with two attached hydrogens (primary N) is 1. The van der Waals surface area contributed by atoms with Crippen molar-refractivity contribution >= 4 is 23.4 Å². The summed E-state index contributed by atoms with van der Waals surface area (Å²) in [6.07, 6.45) is 1.02. The number of carboxylic acids is 1. The number of aliphatic carboxylic acids is 1. The summed E-state index contributed by atoms with van der Waals surface area (Å²) in [7, 11) is 0. The quantitative estimate of drug-likeness (QED) is 0.281. The third-order valence-electron chi connectivity index (χ3n) is 3.70. The highest BCUT2D eigenvalue weighted by Crippen LogP contribution is 2.23. The fraction of sp³-hybridized carbons (Fsp3) is 0.118. The average molecular weight is 369 g/mol. The van der Waals surface area contributed by atoms with E-state index in [1.54, 1.807) is 0 Å². The summed E-state index contributed by atoms with van der Waals surface area (Å²) in [5, 5.41) is 30.1. The molecule has 0 saturated carbocycles. The van der Waals surface area contributed by atoms with Gasteiger partial charge in [0.05, 0.1) is 23.5 Å². The molecule has 0 atom stereocenters. The van der Waals surface area contributed by atoms with Crippen molar-refractivity contribution in [2.75, 3.05) is 0 Å². The Bertz CT molecular complexity index is 1060. The van der Waals surface area contributed by atoms with E-state index in [4.69, 9.17) is 21.0 Å². The van der Waals surface area contributed by atoms with Crippen LogP contribution in [-0.4, -0.2) is 42.6 Å². The number of carbonyl (C=O) groups excluding carboxylic acids is 1. The zero-order chi connectivity index (χ0) is 19.6. The van der Waals surface area contributed by atoms with Gasteiger partial charge in [-0.2, -0.15) is 5.10 Å². The van der Waals surface area contributed by atoms with Crippen LogP contribution >= 0.6 is 0 Å². The first-order valence-electron chi connectivity index (χ1n) is 7.75. The van der Waals surface area contributed by atoms with Crippen LogP contribution in [0.2, 0.25) is 0 Å². The van der Waals surface area contributed by atoms with Crippen molar-refractivity contribution in [2.45, 2.75) is 12.8 Å². The Morgan fingerprint density at radius 3 is 2.67 bits per heavy atom. The lowest BCUT2D eigenvalue weighted by molar-refractivity contribution is -0.136. The maximum atomic E-state index is 12.4. The van der Waals surface area contributed by atoms with Gasteiger partial charge in [0, 0.05) is 12.0 Å². The predicted molar refractivity (Wildman–Crippen MR) is 93.0 cm³/mol. The smallest absolute Gasteiger partial charge is 0.343 e. The first-order valence-corrected chi connectivity index (χ1v) is 7.75. The summed E-state index contributed by atoms with van der Waals surface area (Å²) in [5.74, 6) is -1.97. The fourth-order valence-electron chi connectivity index (χ4n) is 2.51. The molecule has 10 heteroatoms. The van der Waals surface area contributed by atoms with Gasteiger partial charge in [0.25, 0.3) is 0 Å². The Morgan fingerprint density at radius 1 is 1.22 bits per heavy atom. The van der Waals surface area contributed by atoms with Gasteiger partial charge in [0.15, 0.2) is 11.4 Å². The van der Waals surface area contributed by atoms with Crippen molar-refractivity contribution < 1.29 is 24.5 Å². The highest BCUT2D eigenvalue weighted by molar-refractivity contribution is 5.92. The zero-order valence-electron chi connectivity index (χ0n) is 13.9. The molecule has 0 unspecified atom stereocenters. The Hall–Kier alpha value is -3.95. The first-order chi connectivity index (χ1) is 12.8. The van der Waals surface area contributed by atoms with Crippen LogP contribution in [-0.2, 0) is 17.6 Å². The topological polar surface area (TPSA) is 164 Å². The molecule has 0 bridgehead atoms. The molecule has 0 radical (unpaired) electrons. The third-order valence-corrected chi connectivity index (χ3v) is 3.70. The number of nitrogens with zero attached hydrogens (tertiary/aromatic N) is 3. The van der Waals surface area contributed by atoms with Crippen LogP contribution in [0, 0.1) is 5.41 Å². The number of hydrogen-bond donors (Lipinski definition) is 4. The number of carbonyl (C=O) groups is 2. The van der Waals surface area contributed by atoms with Crippen LogP contribution < -0.4 is 10.5 Å². The van der Waals surface area contributed by atoms with Crippen LogP contribution in [0.4, 0.5) is 0 Å². The van der Waals surface area contributed by atoms with Crippen molar-refractivity contribution in [1.29, 1.82) is 5.41 Å². The Kier molecular flexibility index (Phi) is 4.71. The third kappa shape index (κ3) is 3.84. The van der Waals surface area contributed by atoms with Gasteiger partial charge < -0.3 is 20.7 Å². The lowest BCUT2D eigenvalue weighted by atomic mass is 10.1. The van der Waals surface area contributed by atoms with E-state index in [-0.39, 0.29) is 41.4 Å². The second-order valence-electron chi connectivity index (χ2n) is 5.69. The van der Waals surface area contributed by atoms with E-state index in [2.05, 4.69) is 10.1 Å². The molecule has 0 aliphatic heterocycles. The molecule has 0 amide bonds. The highest BCUT2D eigenvalue weighted by atomic mass is 16.5. The molecule has 138 valence electrons. The minimum absolute atomic E-state index is 0.0621. The number of esters is 1. The number of pyridine rings is 1. The van der Waals surface area contributed by atoms with Crippen molar-refractivity contribution in [3.63, 3.8) is 0 Å². The van der Waals surface area contributed by atoms with E-state index in [0.717, 1.165) is 0 Å². The molecule has 10 nitrogen and oxygen atoms in total. The summed E-state index contributed by atoms with van der Waals surface area (Å²) in [6, 6.07) is 7.06. The number of carboxylic acid groups (broad SMARTS) is 1. The van der Waals surface area contributed by atoms with Crippen molar-refractivity contribution in [3.05, 3.63) is 53.5 Å². The van der Waals surface area contributed by atoms with Crippen molar-refractivity contribution in [1.82, 2.24) is 14.6 Å². The largest absolute Gasteiger partial charge is 0.508 e. The van der Waals surface area contributed by atoms with E-state index in [0.29, 0.717) is 11.3 Å². The van der Waals surface area contributed by atoms with Gasteiger partial charge in [-0.1, -0.05) is 6.07 Å². The molecule has 5 N–H and O–H groups in total. The van der Waals surface area contributed by atoms with E-state index >= 15 is 0 Å². The van der Waals surface area contributed by atoms with Gasteiger partial charge in [-0.3, -0.25) is 10.2 Å². The number of phenolic OH excluding ortho intramolecular Hbond substituents is 1. The maximum absolute atomic E-state index is 12.4. The number of aromatic nitrogens is 3. The molecule has 3 rings (SSSR count). The van der Waals surface area contributed by atoms with E-state index < -0.39 is 11.9 Å². The second kappa shape index (κ2) is 7.12. The van der Waals surface area contributed by atoms with Gasteiger partial charge >= 0.3 is 11.9 Å². The van der Waals surface area contributed by atoms with Crippen LogP contribution in [0.15, 0.2) is 36.7 Å². The van der Waals surface area contributed by atoms with Crippen LogP contribution in [0.3, 0.4) is 0 Å². The second-order valence-corrected chi connectivity index (χ2v) is 5.69. The first kappa shape index (κ1) is 17.9. The summed E-state index contributed by atoms with van der Waals surface area (Å²) in [4.78, 5) is 27.3. The number of benzene rings is 1. The summed E-state index contributed by atoms with van der Waals surface area (Å²) >= 11 is 0. The summed E-state index contributed by atoms with van der Waals surface area (Å²) in [6.45, 7) is 0. The summed E-state index contributed by atoms with van der Waals surface area (Å²) in [5.41, 5.74) is 6.38. The van der Waals surface area contributed by atoms with Gasteiger partial charge in [-0.05, 0) is 24.3 Å². The molecule has 0 saturated heterocycles. The number of amidine groups is 1. The molecule has 0 aliphatic carbocycles. The minimum atomic E-state index is -1.03. The van der Waals surface area contributed by atoms with E-state index in [1.807, 2.05) is 0 Å². The van der Waals surface area contributed by atoms with Crippen LogP contribution in [0.5, 0.6) is 11.5 Å². The van der Waals surface area contributed by atoms with E-state index in [9.17, 15) is 14.7 Å². The Morgan fingerprint density at radius 2 is 2.00 bits per heavy atom.